The Bertz CT molecular complexity index is 1050. The Morgan fingerprint density at radius 3 is 2.62 bits per heavy atom. The van der Waals surface area contributed by atoms with Crippen molar-refractivity contribution in [3.05, 3.63) is 71.6 Å². The van der Waals surface area contributed by atoms with E-state index < -0.39 is 0 Å². The molecule has 1 N–H and O–H groups in total. The van der Waals surface area contributed by atoms with Gasteiger partial charge in [0.2, 0.25) is 0 Å². The number of aliphatic hydroxyl groups is 1. The van der Waals surface area contributed by atoms with Crippen molar-refractivity contribution in [2.24, 2.45) is 0 Å². The molecule has 3 aromatic rings. The molecule has 150 valence electrons. The maximum Gasteiger partial charge on any atom is 0.143 e. The molecule has 4 nitrogen and oxygen atoms in total. The molecule has 1 fully saturated rings. The molecule has 0 radical (unpaired) electrons. The summed E-state index contributed by atoms with van der Waals surface area (Å²) < 4.78 is 17.0. The lowest BCUT2D eigenvalue weighted by Crippen LogP contribution is -2.28. The first-order chi connectivity index (χ1) is 14.0. The van der Waals surface area contributed by atoms with E-state index in [9.17, 15) is 5.11 Å². The van der Waals surface area contributed by atoms with Crippen LogP contribution in [0.5, 0.6) is 0 Å². The third kappa shape index (κ3) is 3.19. The van der Waals surface area contributed by atoms with Crippen LogP contribution in [0.4, 0.5) is 4.39 Å². The van der Waals surface area contributed by atoms with Gasteiger partial charge < -0.3 is 9.67 Å². The van der Waals surface area contributed by atoms with Crippen molar-refractivity contribution in [1.82, 2.24) is 14.8 Å². The van der Waals surface area contributed by atoms with E-state index in [1.807, 2.05) is 42.5 Å². The highest BCUT2D eigenvalue weighted by atomic mass is 32.2. The summed E-state index contributed by atoms with van der Waals surface area (Å²) in [6, 6.07) is 15.3. The molecule has 0 saturated heterocycles. The highest BCUT2D eigenvalue weighted by Gasteiger charge is 2.51. The molecule has 0 bridgehead atoms. The van der Waals surface area contributed by atoms with Crippen molar-refractivity contribution in [3.63, 3.8) is 0 Å². The van der Waals surface area contributed by atoms with Crippen LogP contribution < -0.4 is 0 Å². The van der Waals surface area contributed by atoms with Gasteiger partial charge in [0.05, 0.1) is 12.0 Å². The molecule has 2 aromatic carbocycles. The smallest absolute Gasteiger partial charge is 0.143 e. The summed E-state index contributed by atoms with van der Waals surface area (Å²) in [5, 5.41) is 18.8. The minimum atomic E-state index is -0.244. The van der Waals surface area contributed by atoms with Crippen molar-refractivity contribution < 1.29 is 9.50 Å². The van der Waals surface area contributed by atoms with Crippen LogP contribution >= 0.6 is 11.8 Å². The van der Waals surface area contributed by atoms with Gasteiger partial charge in [0, 0.05) is 29.0 Å². The molecule has 2 heterocycles. The summed E-state index contributed by atoms with van der Waals surface area (Å²) in [6.07, 6.45) is 2.61. The highest BCUT2D eigenvalue weighted by Crippen LogP contribution is 2.53. The van der Waals surface area contributed by atoms with Crippen LogP contribution in [-0.4, -0.2) is 37.0 Å². The summed E-state index contributed by atoms with van der Waals surface area (Å²) in [5.41, 5.74) is 2.25. The van der Waals surface area contributed by atoms with Crippen LogP contribution in [0, 0.1) is 5.82 Å². The summed E-state index contributed by atoms with van der Waals surface area (Å²) in [5.74, 6) is 2.59. The minimum absolute atomic E-state index is 0.122. The zero-order valence-corrected chi connectivity index (χ0v) is 17.3. The van der Waals surface area contributed by atoms with Crippen LogP contribution in [0.1, 0.15) is 37.0 Å². The Balaban J connectivity index is 1.51. The number of hydrogen-bond donors (Lipinski definition) is 1. The van der Waals surface area contributed by atoms with Gasteiger partial charge >= 0.3 is 0 Å². The third-order valence-electron chi connectivity index (χ3n) is 6.24. The van der Waals surface area contributed by atoms with Crippen molar-refractivity contribution in [2.45, 2.75) is 42.9 Å². The monoisotopic (exact) mass is 409 g/mol. The Morgan fingerprint density at radius 1 is 1.14 bits per heavy atom. The number of aliphatic hydroxyl groups excluding tert-OH is 1. The van der Waals surface area contributed by atoms with Crippen LogP contribution in [0.25, 0.3) is 11.1 Å². The third-order valence-corrected chi connectivity index (χ3v) is 7.60. The van der Waals surface area contributed by atoms with Crippen LogP contribution in [0.2, 0.25) is 0 Å². The highest BCUT2D eigenvalue weighted by molar-refractivity contribution is 8.00. The molecule has 6 heteroatoms. The Labute approximate surface area is 174 Å². The zero-order valence-electron chi connectivity index (χ0n) is 16.4. The molecule has 0 amide bonds. The predicted molar refractivity (Wildman–Crippen MR) is 114 cm³/mol. The predicted octanol–water partition coefficient (Wildman–Crippen LogP) is 4.20. The van der Waals surface area contributed by atoms with Crippen molar-refractivity contribution >= 4 is 11.8 Å². The molecule has 1 saturated carbocycles. The second-order valence-corrected chi connectivity index (χ2v) is 10.1. The number of fused-ring (bicyclic) bond motifs is 1. The maximum atomic E-state index is 15.0. The van der Waals surface area contributed by atoms with Crippen LogP contribution in [-0.2, 0) is 18.4 Å². The van der Waals surface area contributed by atoms with Gasteiger partial charge in [0.15, 0.2) is 0 Å². The second-order valence-electron chi connectivity index (χ2n) is 8.37. The van der Waals surface area contributed by atoms with Gasteiger partial charge in [-0.1, -0.05) is 42.5 Å². The molecular weight excluding hydrogens is 385 g/mol. The Hall–Kier alpha value is -2.18. The molecule has 2 aliphatic rings. The lowest BCUT2D eigenvalue weighted by Gasteiger charge is -2.23. The molecule has 0 spiro atoms. The van der Waals surface area contributed by atoms with E-state index in [4.69, 9.17) is 0 Å². The average Bonchev–Trinajstić information content (AvgIpc) is 3.48. The first-order valence-electron chi connectivity index (χ1n) is 10.1. The van der Waals surface area contributed by atoms with Gasteiger partial charge in [-0.15, -0.1) is 10.2 Å². The standard InChI is InChI=1S/C23H24FN3OS/c1-22(15-28)14-20-25-26-21(27(20)11-12-29-22)23(9-10-23)17-7-8-18(19(24)13-17)16-5-3-2-4-6-16/h2-8,13,28H,9-12,14-15H2,1H3. The number of aromatic nitrogens is 3. The van der Waals surface area contributed by atoms with Gasteiger partial charge in [0.1, 0.15) is 17.5 Å². The van der Waals surface area contributed by atoms with Gasteiger partial charge in [-0.2, -0.15) is 11.8 Å². The van der Waals surface area contributed by atoms with Crippen LogP contribution in [0.3, 0.4) is 0 Å². The maximum absolute atomic E-state index is 15.0. The van der Waals surface area contributed by atoms with Gasteiger partial charge in [-0.25, -0.2) is 4.39 Å². The fourth-order valence-corrected chi connectivity index (χ4v) is 5.45. The van der Waals surface area contributed by atoms with Crippen LogP contribution in [0.15, 0.2) is 48.5 Å². The molecule has 5 rings (SSSR count). The molecule has 1 aliphatic heterocycles. The number of halogens is 1. The fraction of sp³-hybridized carbons (Fsp3) is 0.391. The SMILES string of the molecule is CC1(CO)Cc2nnc(C3(c4ccc(-c5ccccc5)c(F)c4)CC3)n2CCS1. The van der Waals surface area contributed by atoms with Crippen molar-refractivity contribution in [2.75, 3.05) is 12.4 Å². The largest absolute Gasteiger partial charge is 0.395 e. The lowest BCUT2D eigenvalue weighted by atomic mass is 9.92. The molecule has 1 atom stereocenters. The van der Waals surface area contributed by atoms with E-state index in [0.29, 0.717) is 12.0 Å². The van der Waals surface area contributed by atoms with Gasteiger partial charge in [0.25, 0.3) is 0 Å². The first kappa shape index (κ1) is 18.8. The van der Waals surface area contributed by atoms with E-state index in [1.165, 1.54) is 0 Å². The van der Waals surface area contributed by atoms with Crippen molar-refractivity contribution in [1.29, 1.82) is 0 Å². The van der Waals surface area contributed by atoms with E-state index in [2.05, 4.69) is 21.7 Å². The summed E-state index contributed by atoms with van der Waals surface area (Å²) in [7, 11) is 0. The van der Waals surface area contributed by atoms with E-state index in [-0.39, 0.29) is 22.6 Å². The van der Waals surface area contributed by atoms with Crippen molar-refractivity contribution in [3.8, 4) is 11.1 Å². The Kier molecular flexibility index (Phi) is 4.51. The topological polar surface area (TPSA) is 50.9 Å². The molecule has 1 aliphatic carbocycles. The van der Waals surface area contributed by atoms with E-state index >= 15 is 4.39 Å². The quantitative estimate of drug-likeness (QED) is 0.702. The molecule has 1 unspecified atom stereocenters. The molecular formula is C23H24FN3OS. The fourth-order valence-electron chi connectivity index (χ4n) is 4.36. The number of hydrogen-bond acceptors (Lipinski definition) is 4. The summed E-state index contributed by atoms with van der Waals surface area (Å²) in [6.45, 7) is 3.02. The van der Waals surface area contributed by atoms with E-state index in [1.54, 1.807) is 17.8 Å². The summed E-state index contributed by atoms with van der Waals surface area (Å²) >= 11 is 1.79. The minimum Gasteiger partial charge on any atom is -0.395 e. The van der Waals surface area contributed by atoms with E-state index in [0.717, 1.165) is 47.9 Å². The lowest BCUT2D eigenvalue weighted by molar-refractivity contribution is 0.254. The average molecular weight is 410 g/mol. The molecule has 1 aromatic heterocycles. The first-order valence-corrected chi connectivity index (χ1v) is 11.1. The Morgan fingerprint density at radius 2 is 1.93 bits per heavy atom. The molecule has 29 heavy (non-hydrogen) atoms. The normalized spacial score (nSPS) is 22.7. The zero-order chi connectivity index (χ0) is 20.1. The number of thioether (sulfide) groups is 1. The van der Waals surface area contributed by atoms with Gasteiger partial charge in [-0.05, 0) is 37.0 Å². The second kappa shape index (κ2) is 6.96. The van der Waals surface area contributed by atoms with Gasteiger partial charge in [-0.3, -0.25) is 0 Å². The summed E-state index contributed by atoms with van der Waals surface area (Å²) in [4.78, 5) is 0. The number of nitrogens with zero attached hydrogens (tertiary/aromatic N) is 3. The number of rotatable bonds is 4. The number of benzene rings is 2.